The molecule has 0 fully saturated rings. The highest BCUT2D eigenvalue weighted by atomic mass is 16.5. The SMILES string of the molecule is CCOC(=O)CC(C)N(C)CCCN(C)C. The molecule has 16 heavy (non-hydrogen) atoms. The second-order valence-electron chi connectivity index (χ2n) is 4.50. The number of carbonyl (C=O) groups excluding carboxylic acids is 1. The summed E-state index contributed by atoms with van der Waals surface area (Å²) in [6, 6.07) is 0.251. The quantitative estimate of drug-likeness (QED) is 0.587. The summed E-state index contributed by atoms with van der Waals surface area (Å²) in [5, 5.41) is 0. The van der Waals surface area contributed by atoms with Crippen molar-refractivity contribution >= 4 is 5.97 Å². The van der Waals surface area contributed by atoms with E-state index in [0.717, 1.165) is 19.5 Å². The molecule has 0 aromatic carbocycles. The first-order valence-corrected chi connectivity index (χ1v) is 5.98. The van der Waals surface area contributed by atoms with Crippen molar-refractivity contribution in [1.82, 2.24) is 9.80 Å². The molecule has 1 atom stereocenters. The molecule has 0 saturated heterocycles. The molecule has 0 amide bonds. The lowest BCUT2D eigenvalue weighted by atomic mass is 10.2. The molecule has 0 heterocycles. The van der Waals surface area contributed by atoms with Crippen LogP contribution in [0.3, 0.4) is 0 Å². The Kier molecular flexibility index (Phi) is 8.21. The van der Waals surface area contributed by atoms with E-state index in [1.54, 1.807) is 0 Å². The van der Waals surface area contributed by atoms with Crippen LogP contribution in [0.2, 0.25) is 0 Å². The Morgan fingerprint density at radius 1 is 1.25 bits per heavy atom. The zero-order valence-corrected chi connectivity index (χ0v) is 11.3. The van der Waals surface area contributed by atoms with Gasteiger partial charge in [0.05, 0.1) is 13.0 Å². The number of hydrogen-bond acceptors (Lipinski definition) is 4. The number of rotatable bonds is 8. The fourth-order valence-electron chi connectivity index (χ4n) is 1.47. The van der Waals surface area contributed by atoms with Gasteiger partial charge in [-0.25, -0.2) is 0 Å². The fraction of sp³-hybridized carbons (Fsp3) is 0.917. The van der Waals surface area contributed by atoms with Gasteiger partial charge < -0.3 is 14.5 Å². The molecular weight excluding hydrogens is 204 g/mol. The van der Waals surface area contributed by atoms with Crippen molar-refractivity contribution in [1.29, 1.82) is 0 Å². The summed E-state index contributed by atoms with van der Waals surface area (Å²) >= 11 is 0. The number of hydrogen-bond donors (Lipinski definition) is 0. The largest absolute Gasteiger partial charge is 0.466 e. The van der Waals surface area contributed by atoms with Crippen LogP contribution in [-0.2, 0) is 9.53 Å². The number of esters is 1. The Bertz CT molecular complexity index is 195. The van der Waals surface area contributed by atoms with Crippen molar-refractivity contribution in [3.63, 3.8) is 0 Å². The number of ether oxygens (including phenoxy) is 1. The van der Waals surface area contributed by atoms with E-state index in [1.807, 2.05) is 6.92 Å². The van der Waals surface area contributed by atoms with Gasteiger partial charge in [-0.05, 0) is 54.5 Å². The molecule has 0 aliphatic heterocycles. The molecule has 0 aromatic heterocycles. The first kappa shape index (κ1) is 15.4. The summed E-state index contributed by atoms with van der Waals surface area (Å²) in [6.07, 6.45) is 1.60. The molecule has 1 unspecified atom stereocenters. The maximum Gasteiger partial charge on any atom is 0.307 e. The minimum atomic E-state index is -0.102. The normalized spacial score (nSPS) is 13.2. The Morgan fingerprint density at radius 2 is 1.88 bits per heavy atom. The molecule has 4 nitrogen and oxygen atoms in total. The standard InChI is InChI=1S/C12H26N2O2/c1-6-16-12(15)10-11(2)14(5)9-7-8-13(3)4/h11H,6-10H2,1-5H3. The van der Waals surface area contributed by atoms with Crippen molar-refractivity contribution in [3.05, 3.63) is 0 Å². The van der Waals surface area contributed by atoms with Crippen LogP contribution in [-0.4, -0.2) is 62.7 Å². The van der Waals surface area contributed by atoms with E-state index >= 15 is 0 Å². The Hall–Kier alpha value is -0.610. The van der Waals surface area contributed by atoms with E-state index in [4.69, 9.17) is 4.74 Å². The van der Waals surface area contributed by atoms with Gasteiger partial charge in [0.2, 0.25) is 0 Å². The van der Waals surface area contributed by atoms with Crippen molar-refractivity contribution in [2.24, 2.45) is 0 Å². The van der Waals surface area contributed by atoms with Gasteiger partial charge in [0.1, 0.15) is 0 Å². The summed E-state index contributed by atoms with van der Waals surface area (Å²) in [5.74, 6) is -0.102. The number of nitrogens with zero attached hydrogens (tertiary/aromatic N) is 2. The molecule has 0 saturated carbocycles. The van der Waals surface area contributed by atoms with Crippen LogP contribution in [0, 0.1) is 0 Å². The van der Waals surface area contributed by atoms with Crippen LogP contribution in [0.1, 0.15) is 26.7 Å². The van der Waals surface area contributed by atoms with E-state index < -0.39 is 0 Å². The molecule has 0 radical (unpaired) electrons. The summed E-state index contributed by atoms with van der Waals surface area (Å²) < 4.78 is 4.93. The topological polar surface area (TPSA) is 32.8 Å². The summed E-state index contributed by atoms with van der Waals surface area (Å²) in [6.45, 7) is 6.46. The number of carbonyl (C=O) groups is 1. The lowest BCUT2D eigenvalue weighted by Crippen LogP contribution is -2.33. The first-order valence-electron chi connectivity index (χ1n) is 5.98. The zero-order chi connectivity index (χ0) is 12.6. The molecule has 0 N–H and O–H groups in total. The second kappa shape index (κ2) is 8.53. The molecule has 0 bridgehead atoms. The van der Waals surface area contributed by atoms with Gasteiger partial charge in [0, 0.05) is 6.04 Å². The predicted molar refractivity (Wildman–Crippen MR) is 66.5 cm³/mol. The van der Waals surface area contributed by atoms with Gasteiger partial charge in [-0.1, -0.05) is 0 Å². The molecule has 4 heteroatoms. The third-order valence-corrected chi connectivity index (χ3v) is 2.64. The van der Waals surface area contributed by atoms with Crippen LogP contribution in [0.25, 0.3) is 0 Å². The minimum Gasteiger partial charge on any atom is -0.466 e. The van der Waals surface area contributed by atoms with Gasteiger partial charge in [0.25, 0.3) is 0 Å². The molecule has 0 spiro atoms. The lowest BCUT2D eigenvalue weighted by molar-refractivity contribution is -0.144. The molecule has 0 aromatic rings. The zero-order valence-electron chi connectivity index (χ0n) is 11.3. The van der Waals surface area contributed by atoms with Gasteiger partial charge in [0.15, 0.2) is 0 Å². The van der Waals surface area contributed by atoms with Crippen LogP contribution in [0.4, 0.5) is 0 Å². The maximum atomic E-state index is 11.3. The van der Waals surface area contributed by atoms with E-state index in [-0.39, 0.29) is 12.0 Å². The molecular formula is C12H26N2O2. The van der Waals surface area contributed by atoms with E-state index in [9.17, 15) is 4.79 Å². The van der Waals surface area contributed by atoms with Gasteiger partial charge in [-0.2, -0.15) is 0 Å². The molecule has 0 rings (SSSR count). The highest BCUT2D eigenvalue weighted by Gasteiger charge is 2.13. The highest BCUT2D eigenvalue weighted by molar-refractivity contribution is 5.69. The summed E-state index contributed by atoms with van der Waals surface area (Å²) in [5.41, 5.74) is 0. The average molecular weight is 230 g/mol. The monoisotopic (exact) mass is 230 g/mol. The van der Waals surface area contributed by atoms with E-state index in [2.05, 4.69) is 37.9 Å². The van der Waals surface area contributed by atoms with Crippen molar-refractivity contribution in [2.45, 2.75) is 32.7 Å². The predicted octanol–water partition coefficient (Wildman–Crippen LogP) is 1.21. The fourth-order valence-corrected chi connectivity index (χ4v) is 1.47. The summed E-state index contributed by atoms with van der Waals surface area (Å²) in [4.78, 5) is 15.7. The third-order valence-electron chi connectivity index (χ3n) is 2.64. The Labute approximate surface area is 99.5 Å². The smallest absolute Gasteiger partial charge is 0.307 e. The summed E-state index contributed by atoms with van der Waals surface area (Å²) in [7, 11) is 6.20. The third kappa shape index (κ3) is 7.65. The molecule has 0 aliphatic carbocycles. The second-order valence-corrected chi connectivity index (χ2v) is 4.50. The minimum absolute atomic E-state index is 0.102. The maximum absolute atomic E-state index is 11.3. The highest BCUT2D eigenvalue weighted by Crippen LogP contribution is 2.03. The van der Waals surface area contributed by atoms with Crippen LogP contribution in [0.5, 0.6) is 0 Å². The Balaban J connectivity index is 3.72. The van der Waals surface area contributed by atoms with Crippen LogP contribution < -0.4 is 0 Å². The van der Waals surface area contributed by atoms with Gasteiger partial charge in [-0.15, -0.1) is 0 Å². The van der Waals surface area contributed by atoms with Crippen LogP contribution >= 0.6 is 0 Å². The van der Waals surface area contributed by atoms with Crippen molar-refractivity contribution < 1.29 is 9.53 Å². The van der Waals surface area contributed by atoms with Crippen molar-refractivity contribution in [3.8, 4) is 0 Å². The Morgan fingerprint density at radius 3 is 2.38 bits per heavy atom. The first-order chi connectivity index (χ1) is 7.47. The van der Waals surface area contributed by atoms with E-state index in [1.165, 1.54) is 0 Å². The van der Waals surface area contributed by atoms with E-state index in [0.29, 0.717) is 13.0 Å². The molecule has 0 aliphatic rings. The lowest BCUT2D eigenvalue weighted by Gasteiger charge is -2.24. The van der Waals surface area contributed by atoms with Gasteiger partial charge in [-0.3, -0.25) is 4.79 Å². The molecule has 96 valence electrons. The average Bonchev–Trinajstić information content (AvgIpc) is 2.17. The van der Waals surface area contributed by atoms with Gasteiger partial charge >= 0.3 is 5.97 Å². The van der Waals surface area contributed by atoms with Crippen LogP contribution in [0.15, 0.2) is 0 Å². The van der Waals surface area contributed by atoms with Crippen molar-refractivity contribution in [2.75, 3.05) is 40.8 Å².